The van der Waals surface area contributed by atoms with E-state index >= 15 is 0 Å². The van der Waals surface area contributed by atoms with Gasteiger partial charge in [-0.2, -0.15) is 0 Å². The van der Waals surface area contributed by atoms with Crippen LogP contribution >= 0.6 is 0 Å². The van der Waals surface area contributed by atoms with Crippen LogP contribution in [-0.2, 0) is 0 Å². The highest BCUT2D eigenvalue weighted by Gasteiger charge is 2.15. The number of nitrogens with two attached hydrogens (primary N) is 1. The molecule has 1 aliphatic heterocycles. The maximum absolute atomic E-state index is 5.87. The minimum absolute atomic E-state index is 0.714. The number of ether oxygens (including phenoxy) is 1. The highest BCUT2D eigenvalue weighted by molar-refractivity contribution is 5.74. The fourth-order valence-corrected chi connectivity index (χ4v) is 2.16. The van der Waals surface area contributed by atoms with E-state index in [1.165, 1.54) is 5.57 Å². The summed E-state index contributed by atoms with van der Waals surface area (Å²) in [5, 5.41) is 2.07. The lowest BCUT2D eigenvalue weighted by molar-refractivity contribution is 0.472. The first-order valence-corrected chi connectivity index (χ1v) is 5.53. The quantitative estimate of drug-likeness (QED) is 0.693. The van der Waals surface area contributed by atoms with E-state index in [4.69, 9.17) is 10.5 Å². The molecule has 2 aromatic carbocycles. The van der Waals surface area contributed by atoms with Gasteiger partial charge in [-0.25, -0.2) is 0 Å². The molecule has 2 N–H and O–H groups in total. The summed E-state index contributed by atoms with van der Waals surface area (Å²) in [6.07, 6.45) is 0. The molecule has 0 radical (unpaired) electrons. The van der Waals surface area contributed by atoms with Gasteiger partial charge in [0.25, 0.3) is 0 Å². The molecule has 2 aromatic rings. The number of anilines is 1. The van der Waals surface area contributed by atoms with Crippen molar-refractivity contribution in [3.63, 3.8) is 0 Å². The summed E-state index contributed by atoms with van der Waals surface area (Å²) in [4.78, 5) is 0. The van der Waals surface area contributed by atoms with Gasteiger partial charge in [-0.15, -0.1) is 0 Å². The maximum Gasteiger partial charge on any atom is 0.137 e. The molecular formula is C15H13NO. The van der Waals surface area contributed by atoms with Gasteiger partial charge in [0, 0.05) is 22.5 Å². The standard InChI is InChI=1S/C15H13NO/c1-9-3-5-12-10(2)13-6-4-11(16)8-15(13)17-14(12)7-9/h3-8H,1,16H2,2H3. The van der Waals surface area contributed by atoms with E-state index in [1.54, 1.807) is 0 Å². The van der Waals surface area contributed by atoms with Crippen molar-refractivity contribution in [3.05, 3.63) is 52.4 Å². The monoisotopic (exact) mass is 223 g/mol. The summed E-state index contributed by atoms with van der Waals surface area (Å²) in [6.45, 7) is 6.01. The SMILES string of the molecule is C=c1ccc2c(c1)Oc1cc(N)ccc1C=2C. The number of hydrogen-bond donors (Lipinski definition) is 1. The van der Waals surface area contributed by atoms with E-state index < -0.39 is 0 Å². The number of nitrogen functional groups attached to an aromatic ring is 1. The first-order chi connectivity index (χ1) is 8.15. The molecule has 0 unspecified atom stereocenters. The van der Waals surface area contributed by atoms with Gasteiger partial charge in [-0.05, 0) is 35.9 Å². The van der Waals surface area contributed by atoms with Crippen molar-refractivity contribution in [2.24, 2.45) is 0 Å². The van der Waals surface area contributed by atoms with Crippen LogP contribution in [0.25, 0.3) is 12.2 Å². The zero-order valence-corrected chi connectivity index (χ0v) is 9.66. The largest absolute Gasteiger partial charge is 0.456 e. The molecule has 1 heterocycles. The molecule has 0 bridgehead atoms. The molecular weight excluding hydrogens is 210 g/mol. The van der Waals surface area contributed by atoms with Crippen LogP contribution in [-0.4, -0.2) is 0 Å². The van der Waals surface area contributed by atoms with Crippen LogP contribution in [0.4, 0.5) is 5.69 Å². The average Bonchev–Trinajstić information content (AvgIpc) is 2.28. The van der Waals surface area contributed by atoms with Gasteiger partial charge in [-0.1, -0.05) is 18.7 Å². The minimum atomic E-state index is 0.714. The average molecular weight is 223 g/mol. The van der Waals surface area contributed by atoms with Crippen molar-refractivity contribution in [1.82, 2.24) is 0 Å². The maximum atomic E-state index is 5.87. The Morgan fingerprint density at radius 1 is 1.06 bits per heavy atom. The van der Waals surface area contributed by atoms with Gasteiger partial charge in [0.05, 0.1) is 0 Å². The van der Waals surface area contributed by atoms with E-state index in [9.17, 15) is 0 Å². The molecule has 0 amide bonds. The van der Waals surface area contributed by atoms with Crippen LogP contribution in [0, 0.1) is 0 Å². The van der Waals surface area contributed by atoms with Gasteiger partial charge < -0.3 is 10.5 Å². The van der Waals surface area contributed by atoms with Crippen molar-refractivity contribution in [2.75, 3.05) is 5.73 Å². The Morgan fingerprint density at radius 2 is 1.88 bits per heavy atom. The summed E-state index contributed by atoms with van der Waals surface area (Å²) in [5.41, 5.74) is 8.80. The van der Waals surface area contributed by atoms with Crippen LogP contribution in [0.2, 0.25) is 0 Å². The summed E-state index contributed by atoms with van der Waals surface area (Å²) in [6, 6.07) is 11.7. The van der Waals surface area contributed by atoms with E-state index in [2.05, 4.69) is 13.5 Å². The van der Waals surface area contributed by atoms with Crippen molar-refractivity contribution < 1.29 is 4.74 Å². The smallest absolute Gasteiger partial charge is 0.137 e. The van der Waals surface area contributed by atoms with Crippen LogP contribution < -0.4 is 20.9 Å². The van der Waals surface area contributed by atoms with Crippen LogP contribution in [0.5, 0.6) is 11.5 Å². The molecule has 0 saturated carbocycles. The molecule has 0 saturated heterocycles. The van der Waals surface area contributed by atoms with Gasteiger partial charge >= 0.3 is 0 Å². The molecule has 0 aromatic heterocycles. The Labute approximate surface area is 99.7 Å². The third kappa shape index (κ3) is 1.49. The summed E-state index contributed by atoms with van der Waals surface area (Å²) < 4.78 is 5.87. The Bertz CT molecular complexity index is 716. The zero-order chi connectivity index (χ0) is 12.0. The third-order valence-corrected chi connectivity index (χ3v) is 3.08. The van der Waals surface area contributed by atoms with E-state index in [0.717, 1.165) is 27.5 Å². The topological polar surface area (TPSA) is 35.2 Å². The molecule has 0 aliphatic carbocycles. The van der Waals surface area contributed by atoms with Crippen molar-refractivity contribution >= 4 is 17.8 Å². The second kappa shape index (κ2) is 3.39. The number of hydrogen-bond acceptors (Lipinski definition) is 2. The minimum Gasteiger partial charge on any atom is -0.456 e. The number of rotatable bonds is 0. The summed E-state index contributed by atoms with van der Waals surface area (Å²) >= 11 is 0. The van der Waals surface area contributed by atoms with Crippen LogP contribution in [0.1, 0.15) is 12.5 Å². The lowest BCUT2D eigenvalue weighted by Gasteiger charge is -2.18. The third-order valence-electron chi connectivity index (χ3n) is 3.08. The molecule has 84 valence electrons. The number of benzene rings is 2. The van der Waals surface area contributed by atoms with Crippen LogP contribution in [0.15, 0.2) is 36.4 Å². The predicted molar refractivity (Wildman–Crippen MR) is 70.3 cm³/mol. The fourth-order valence-electron chi connectivity index (χ4n) is 2.16. The Morgan fingerprint density at radius 3 is 2.71 bits per heavy atom. The first kappa shape index (κ1) is 9.97. The lowest BCUT2D eigenvalue weighted by Crippen LogP contribution is -2.17. The molecule has 2 nitrogen and oxygen atoms in total. The molecule has 0 spiro atoms. The highest BCUT2D eigenvalue weighted by Crippen LogP contribution is 2.33. The van der Waals surface area contributed by atoms with Crippen LogP contribution in [0.3, 0.4) is 0 Å². The van der Waals surface area contributed by atoms with E-state index in [1.807, 2.05) is 36.4 Å². The number of fused-ring (bicyclic) bond motifs is 2. The Kier molecular flexibility index (Phi) is 1.99. The van der Waals surface area contributed by atoms with Crippen molar-refractivity contribution in [3.8, 4) is 11.5 Å². The van der Waals surface area contributed by atoms with Gasteiger partial charge in [-0.3, -0.25) is 0 Å². The molecule has 0 atom stereocenters. The predicted octanol–water partition coefficient (Wildman–Crippen LogP) is 2.00. The Hall–Kier alpha value is -2.22. The fraction of sp³-hybridized carbons (Fsp3) is 0.0667. The second-order valence-corrected chi connectivity index (χ2v) is 4.31. The highest BCUT2D eigenvalue weighted by atomic mass is 16.5. The normalized spacial score (nSPS) is 12.6. The Balaban J connectivity index is 2.38. The van der Waals surface area contributed by atoms with E-state index in [0.29, 0.717) is 5.69 Å². The van der Waals surface area contributed by atoms with Crippen molar-refractivity contribution in [1.29, 1.82) is 0 Å². The zero-order valence-electron chi connectivity index (χ0n) is 9.66. The van der Waals surface area contributed by atoms with Gasteiger partial charge in [0.15, 0.2) is 0 Å². The first-order valence-electron chi connectivity index (χ1n) is 5.53. The molecule has 3 rings (SSSR count). The molecule has 1 aliphatic rings. The van der Waals surface area contributed by atoms with Gasteiger partial charge in [0.2, 0.25) is 0 Å². The summed E-state index contributed by atoms with van der Waals surface area (Å²) in [7, 11) is 0. The van der Waals surface area contributed by atoms with E-state index in [-0.39, 0.29) is 0 Å². The molecule has 17 heavy (non-hydrogen) atoms. The lowest BCUT2D eigenvalue weighted by atomic mass is 10.00. The van der Waals surface area contributed by atoms with Crippen molar-refractivity contribution in [2.45, 2.75) is 6.92 Å². The summed E-state index contributed by atoms with van der Waals surface area (Å²) in [5.74, 6) is 1.67. The van der Waals surface area contributed by atoms with Gasteiger partial charge in [0.1, 0.15) is 11.5 Å². The molecule has 2 heteroatoms. The second-order valence-electron chi connectivity index (χ2n) is 4.31. The molecule has 0 fully saturated rings.